The van der Waals surface area contributed by atoms with Crippen molar-refractivity contribution in [2.75, 3.05) is 20.1 Å². The van der Waals surface area contributed by atoms with E-state index >= 15 is 0 Å². The summed E-state index contributed by atoms with van der Waals surface area (Å²) in [6.45, 7) is 8.25. The van der Waals surface area contributed by atoms with Gasteiger partial charge in [-0.25, -0.2) is 0 Å². The van der Waals surface area contributed by atoms with Crippen LogP contribution in [0.4, 0.5) is 0 Å². The fourth-order valence-electron chi connectivity index (χ4n) is 4.47. The standard InChI is InChI=1S/C26H33N3/c1-19-6-8-21(9-7-20(19)2)12-16-29-25-11-10-22(5-4-14-27)17-23(25)24-18-28(3)15-13-26(24)29/h6,8-11,17H,4-5,12-16,18,27H2,1-3H3. The molecule has 2 N–H and O–H groups in total. The van der Waals surface area contributed by atoms with E-state index in [4.69, 9.17) is 5.73 Å². The summed E-state index contributed by atoms with van der Waals surface area (Å²) in [5.41, 5.74) is 18.9. The highest BCUT2D eigenvalue weighted by atomic mass is 15.1. The Morgan fingerprint density at radius 2 is 2.00 bits per heavy atom. The summed E-state index contributed by atoms with van der Waals surface area (Å²) < 4.78 is 2.58. The summed E-state index contributed by atoms with van der Waals surface area (Å²) >= 11 is 0. The van der Waals surface area contributed by atoms with Crippen LogP contribution in [0.25, 0.3) is 10.9 Å². The average molecular weight is 388 g/mol. The predicted octanol–water partition coefficient (Wildman–Crippen LogP) is 4.90. The number of nitrogens with zero attached hydrogens (tertiary/aromatic N) is 2. The van der Waals surface area contributed by atoms with Crippen LogP contribution in [0.3, 0.4) is 0 Å². The lowest BCUT2D eigenvalue weighted by Crippen LogP contribution is -2.27. The third-order valence-corrected chi connectivity index (χ3v) is 6.42. The van der Waals surface area contributed by atoms with E-state index in [2.05, 4.69) is 72.5 Å². The van der Waals surface area contributed by atoms with E-state index in [0.717, 1.165) is 51.9 Å². The molecule has 1 aromatic carbocycles. The zero-order chi connectivity index (χ0) is 20.4. The van der Waals surface area contributed by atoms with E-state index in [1.165, 1.54) is 44.4 Å². The van der Waals surface area contributed by atoms with Gasteiger partial charge in [0, 0.05) is 42.7 Å². The maximum absolute atomic E-state index is 5.73. The van der Waals surface area contributed by atoms with Crippen molar-refractivity contribution in [1.82, 2.24) is 9.47 Å². The van der Waals surface area contributed by atoms with E-state index in [0.29, 0.717) is 0 Å². The first-order valence-electron chi connectivity index (χ1n) is 10.9. The minimum atomic E-state index is 0.754. The number of fused-ring (bicyclic) bond motifs is 3. The van der Waals surface area contributed by atoms with Gasteiger partial charge in [0.15, 0.2) is 0 Å². The molecule has 2 aromatic rings. The summed E-state index contributed by atoms with van der Waals surface area (Å²) in [6.07, 6.45) is 10.9. The Kier molecular flexibility index (Phi) is 5.91. The van der Waals surface area contributed by atoms with E-state index in [-0.39, 0.29) is 0 Å². The van der Waals surface area contributed by atoms with Crippen LogP contribution in [0, 0.1) is 0 Å². The smallest absolute Gasteiger partial charge is 0.0486 e. The molecule has 1 aliphatic heterocycles. The number of aryl methyl sites for hydroxylation is 2. The minimum Gasteiger partial charge on any atom is -0.344 e. The molecule has 1 aliphatic carbocycles. The zero-order valence-corrected chi connectivity index (χ0v) is 18.1. The maximum Gasteiger partial charge on any atom is 0.0486 e. The second kappa shape index (κ2) is 8.59. The van der Waals surface area contributed by atoms with E-state index in [9.17, 15) is 0 Å². The Labute approximate surface area is 174 Å². The number of rotatable bonds is 6. The molecule has 3 nitrogen and oxygen atoms in total. The van der Waals surface area contributed by atoms with Crippen LogP contribution in [0.2, 0.25) is 0 Å². The van der Waals surface area contributed by atoms with Crippen molar-refractivity contribution in [3.8, 4) is 0 Å². The summed E-state index contributed by atoms with van der Waals surface area (Å²) in [5.74, 6) is 0. The quantitative estimate of drug-likeness (QED) is 0.716. The van der Waals surface area contributed by atoms with Crippen LogP contribution in [0.1, 0.15) is 43.5 Å². The number of hydrogen-bond donors (Lipinski definition) is 1. The largest absolute Gasteiger partial charge is 0.344 e. The Hall–Kier alpha value is -2.32. The lowest BCUT2D eigenvalue weighted by molar-refractivity contribution is 0.309. The van der Waals surface area contributed by atoms with Gasteiger partial charge in [0.25, 0.3) is 0 Å². The van der Waals surface area contributed by atoms with Gasteiger partial charge < -0.3 is 15.2 Å². The molecule has 0 radical (unpaired) electrons. The fraction of sp³-hybridized carbons (Fsp3) is 0.423. The highest BCUT2D eigenvalue weighted by Crippen LogP contribution is 2.32. The SMILES string of the molecule is CC1=C=CC(CCn2c3c(c4cc(CCCN)ccc42)CN(C)CC3)=CC=C1C. The third-order valence-electron chi connectivity index (χ3n) is 6.42. The van der Waals surface area contributed by atoms with Crippen molar-refractivity contribution >= 4 is 10.9 Å². The molecular formula is C26H33N3. The zero-order valence-electron chi connectivity index (χ0n) is 18.1. The van der Waals surface area contributed by atoms with Crippen LogP contribution in [-0.2, 0) is 25.9 Å². The van der Waals surface area contributed by atoms with Gasteiger partial charge in [0.1, 0.15) is 0 Å². The second-order valence-corrected chi connectivity index (χ2v) is 8.56. The number of benzene rings is 1. The van der Waals surface area contributed by atoms with Gasteiger partial charge in [-0.05, 0) is 92.8 Å². The molecule has 0 spiro atoms. The molecule has 0 saturated heterocycles. The number of nitrogens with two attached hydrogens (primary N) is 1. The van der Waals surface area contributed by atoms with Crippen LogP contribution in [0.5, 0.6) is 0 Å². The average Bonchev–Trinajstić information content (AvgIpc) is 2.93. The van der Waals surface area contributed by atoms with Crippen LogP contribution in [-0.4, -0.2) is 29.6 Å². The molecule has 152 valence electrons. The van der Waals surface area contributed by atoms with Crippen molar-refractivity contribution in [3.05, 3.63) is 75.7 Å². The summed E-state index contributed by atoms with van der Waals surface area (Å²) in [5, 5.41) is 1.44. The van der Waals surface area contributed by atoms with Gasteiger partial charge in [0.05, 0.1) is 0 Å². The first-order valence-corrected chi connectivity index (χ1v) is 10.9. The molecule has 0 atom stereocenters. The van der Waals surface area contributed by atoms with Gasteiger partial charge in [-0.15, -0.1) is 5.73 Å². The summed E-state index contributed by atoms with van der Waals surface area (Å²) in [7, 11) is 2.23. The lowest BCUT2D eigenvalue weighted by atomic mass is 10.0. The lowest BCUT2D eigenvalue weighted by Gasteiger charge is -2.24. The first kappa shape index (κ1) is 20.0. The summed E-state index contributed by atoms with van der Waals surface area (Å²) in [6, 6.07) is 7.06. The van der Waals surface area contributed by atoms with Gasteiger partial charge in [-0.2, -0.15) is 0 Å². The number of likely N-dealkylation sites (N-methyl/N-ethyl adjacent to an activating group) is 1. The van der Waals surface area contributed by atoms with Gasteiger partial charge in [0.2, 0.25) is 0 Å². The molecule has 0 unspecified atom stereocenters. The number of hydrogen-bond acceptors (Lipinski definition) is 2. The Morgan fingerprint density at radius 3 is 2.83 bits per heavy atom. The number of aromatic nitrogens is 1. The van der Waals surface area contributed by atoms with Gasteiger partial charge >= 0.3 is 0 Å². The third kappa shape index (κ3) is 4.18. The fourth-order valence-corrected chi connectivity index (χ4v) is 4.47. The molecule has 1 aromatic heterocycles. The van der Waals surface area contributed by atoms with E-state index < -0.39 is 0 Å². The van der Waals surface area contributed by atoms with Crippen molar-refractivity contribution in [3.63, 3.8) is 0 Å². The molecule has 4 rings (SSSR count). The van der Waals surface area contributed by atoms with Crippen molar-refractivity contribution in [1.29, 1.82) is 0 Å². The molecule has 0 bridgehead atoms. The molecule has 3 heteroatoms. The topological polar surface area (TPSA) is 34.2 Å². The maximum atomic E-state index is 5.73. The Morgan fingerprint density at radius 1 is 1.14 bits per heavy atom. The molecule has 0 amide bonds. The Balaban J connectivity index is 1.68. The molecular weight excluding hydrogens is 354 g/mol. The van der Waals surface area contributed by atoms with Crippen molar-refractivity contribution in [2.45, 2.75) is 52.6 Å². The van der Waals surface area contributed by atoms with Crippen molar-refractivity contribution < 1.29 is 0 Å². The highest BCUT2D eigenvalue weighted by molar-refractivity contribution is 5.86. The first-order chi connectivity index (χ1) is 14.1. The number of allylic oxidation sites excluding steroid dienone is 5. The van der Waals surface area contributed by atoms with Gasteiger partial charge in [-0.1, -0.05) is 18.2 Å². The van der Waals surface area contributed by atoms with Gasteiger partial charge in [-0.3, -0.25) is 0 Å². The van der Waals surface area contributed by atoms with Crippen LogP contribution < -0.4 is 5.73 Å². The molecule has 2 heterocycles. The van der Waals surface area contributed by atoms with Crippen molar-refractivity contribution in [2.24, 2.45) is 5.73 Å². The molecule has 2 aliphatic rings. The Bertz CT molecular complexity index is 1040. The highest BCUT2D eigenvalue weighted by Gasteiger charge is 2.22. The second-order valence-electron chi connectivity index (χ2n) is 8.56. The molecule has 29 heavy (non-hydrogen) atoms. The monoisotopic (exact) mass is 387 g/mol. The van der Waals surface area contributed by atoms with Crippen LogP contribution >= 0.6 is 0 Å². The van der Waals surface area contributed by atoms with Crippen LogP contribution in [0.15, 0.2) is 58.9 Å². The summed E-state index contributed by atoms with van der Waals surface area (Å²) in [4.78, 5) is 2.44. The predicted molar refractivity (Wildman–Crippen MR) is 123 cm³/mol. The molecule has 0 fully saturated rings. The normalized spacial score (nSPS) is 17.0. The van der Waals surface area contributed by atoms with E-state index in [1.54, 1.807) is 0 Å². The van der Waals surface area contributed by atoms with E-state index in [1.807, 2.05) is 0 Å². The minimum absolute atomic E-state index is 0.754. The molecule has 0 saturated carbocycles.